The molecule has 1 N–H and O–H groups in total. The summed E-state index contributed by atoms with van der Waals surface area (Å²) in [5.41, 5.74) is 1.93. The van der Waals surface area contributed by atoms with Gasteiger partial charge in [0, 0.05) is 16.5 Å². The lowest BCUT2D eigenvalue weighted by molar-refractivity contribution is 0.102. The molecule has 0 bridgehead atoms. The van der Waals surface area contributed by atoms with Crippen LogP contribution in [-0.4, -0.2) is 31.2 Å². The number of amides is 1. The summed E-state index contributed by atoms with van der Waals surface area (Å²) in [6.07, 6.45) is 0.948. The Morgan fingerprint density at radius 2 is 1.90 bits per heavy atom. The van der Waals surface area contributed by atoms with Gasteiger partial charge in [0.05, 0.1) is 22.4 Å². The second kappa shape index (κ2) is 9.40. The lowest BCUT2D eigenvalue weighted by Gasteiger charge is -2.09. The van der Waals surface area contributed by atoms with E-state index in [2.05, 4.69) is 17.2 Å². The molecule has 0 atom stereocenters. The predicted octanol–water partition coefficient (Wildman–Crippen LogP) is 5.03. The number of aromatic nitrogens is 1. The van der Waals surface area contributed by atoms with Gasteiger partial charge in [-0.1, -0.05) is 13.0 Å². The van der Waals surface area contributed by atoms with Crippen LogP contribution >= 0.6 is 11.3 Å². The summed E-state index contributed by atoms with van der Waals surface area (Å²) in [7, 11) is -3.45. The Balaban J connectivity index is 1.72. The van der Waals surface area contributed by atoms with Crippen LogP contribution in [-0.2, 0) is 9.84 Å². The number of benzene rings is 2. The zero-order valence-electron chi connectivity index (χ0n) is 17.1. The fourth-order valence-corrected chi connectivity index (χ4v) is 4.48. The Bertz CT molecular complexity index is 1120. The normalized spacial score (nSPS) is 11.5. The predicted molar refractivity (Wildman–Crippen MR) is 120 cm³/mol. The number of sulfone groups is 1. The maximum absolute atomic E-state index is 12.6. The van der Waals surface area contributed by atoms with E-state index >= 15 is 0 Å². The average molecular weight is 445 g/mol. The molecule has 0 saturated carbocycles. The average Bonchev–Trinajstić information content (AvgIpc) is 3.21. The van der Waals surface area contributed by atoms with E-state index in [4.69, 9.17) is 4.74 Å². The Kier molecular flexibility index (Phi) is 6.89. The van der Waals surface area contributed by atoms with Crippen LogP contribution in [0.1, 0.15) is 37.6 Å². The minimum absolute atomic E-state index is 0.135. The first-order chi connectivity index (χ1) is 14.3. The van der Waals surface area contributed by atoms with E-state index < -0.39 is 21.0 Å². The lowest BCUT2D eigenvalue weighted by atomic mass is 10.2. The number of hydrogen-bond acceptors (Lipinski definition) is 6. The summed E-state index contributed by atoms with van der Waals surface area (Å²) >= 11 is 1.31. The van der Waals surface area contributed by atoms with Crippen molar-refractivity contribution in [1.82, 2.24) is 4.98 Å². The molecule has 0 radical (unpaired) electrons. The van der Waals surface area contributed by atoms with Crippen molar-refractivity contribution in [3.8, 4) is 17.0 Å². The van der Waals surface area contributed by atoms with Gasteiger partial charge in [-0.15, -0.1) is 11.3 Å². The van der Waals surface area contributed by atoms with Crippen molar-refractivity contribution in [2.24, 2.45) is 0 Å². The van der Waals surface area contributed by atoms with Gasteiger partial charge >= 0.3 is 0 Å². The molecule has 1 amide bonds. The summed E-state index contributed by atoms with van der Waals surface area (Å²) in [5.74, 6) is 0.403. The number of nitrogens with zero attached hydrogens (tertiary/aromatic N) is 1. The van der Waals surface area contributed by atoms with Crippen LogP contribution in [0.3, 0.4) is 0 Å². The highest BCUT2D eigenvalue weighted by Gasteiger charge is 2.20. The van der Waals surface area contributed by atoms with Crippen LogP contribution in [0, 0.1) is 0 Å². The molecule has 0 aliphatic carbocycles. The first-order valence-electron chi connectivity index (χ1n) is 9.65. The zero-order chi connectivity index (χ0) is 21.7. The van der Waals surface area contributed by atoms with Crippen molar-refractivity contribution < 1.29 is 17.9 Å². The standard InChI is InChI=1S/C22H24N2O4S2/c1-4-12-28-18-10-8-16(9-11-18)20-14-29-22(23-20)24-21(25)17-6-5-7-19(13-17)30(26,27)15(2)3/h5-11,13-15H,4,12H2,1-3H3,(H,23,24,25). The third kappa shape index (κ3) is 5.06. The molecule has 1 aromatic heterocycles. The van der Waals surface area contributed by atoms with Gasteiger partial charge in [0.25, 0.3) is 5.91 Å². The summed E-state index contributed by atoms with van der Waals surface area (Å²) in [5, 5.41) is 4.49. The van der Waals surface area contributed by atoms with E-state index in [0.717, 1.165) is 23.4 Å². The van der Waals surface area contributed by atoms with Gasteiger partial charge < -0.3 is 4.74 Å². The molecule has 0 saturated heterocycles. The SMILES string of the molecule is CCCOc1ccc(-c2csc(NC(=O)c3cccc(S(=O)(=O)C(C)C)c3)n2)cc1. The number of nitrogens with one attached hydrogen (secondary N) is 1. The Labute approximate surface area is 180 Å². The van der Waals surface area contributed by atoms with Gasteiger partial charge in [-0.2, -0.15) is 0 Å². The molecule has 0 aliphatic heterocycles. The minimum Gasteiger partial charge on any atom is -0.494 e. The van der Waals surface area contributed by atoms with Crippen LogP contribution in [0.4, 0.5) is 5.13 Å². The summed E-state index contributed by atoms with van der Waals surface area (Å²) in [4.78, 5) is 17.2. The van der Waals surface area contributed by atoms with Crippen LogP contribution in [0.15, 0.2) is 58.8 Å². The lowest BCUT2D eigenvalue weighted by Crippen LogP contribution is -2.16. The second-order valence-electron chi connectivity index (χ2n) is 6.99. The number of thiazole rings is 1. The van der Waals surface area contributed by atoms with Crippen LogP contribution < -0.4 is 10.1 Å². The number of rotatable bonds is 8. The largest absolute Gasteiger partial charge is 0.494 e. The Hall–Kier alpha value is -2.71. The van der Waals surface area contributed by atoms with Crippen LogP contribution in [0.25, 0.3) is 11.3 Å². The molecule has 6 nitrogen and oxygen atoms in total. The number of anilines is 1. The smallest absolute Gasteiger partial charge is 0.257 e. The molecule has 0 spiro atoms. The van der Waals surface area contributed by atoms with E-state index in [1.54, 1.807) is 26.0 Å². The molecule has 0 fully saturated rings. The molecule has 8 heteroatoms. The maximum atomic E-state index is 12.6. The quantitative estimate of drug-likeness (QED) is 0.526. The third-order valence-electron chi connectivity index (χ3n) is 4.39. The van der Waals surface area contributed by atoms with Crippen molar-refractivity contribution in [2.75, 3.05) is 11.9 Å². The Morgan fingerprint density at radius 1 is 1.17 bits per heavy atom. The maximum Gasteiger partial charge on any atom is 0.257 e. The molecule has 1 heterocycles. The molecule has 3 aromatic rings. The highest BCUT2D eigenvalue weighted by atomic mass is 32.2. The van der Waals surface area contributed by atoms with Crippen molar-refractivity contribution >= 4 is 32.2 Å². The fraction of sp³-hybridized carbons (Fsp3) is 0.273. The second-order valence-corrected chi connectivity index (χ2v) is 10.3. The van der Waals surface area contributed by atoms with Gasteiger partial charge in [0.1, 0.15) is 5.75 Å². The summed E-state index contributed by atoms with van der Waals surface area (Å²) in [6, 6.07) is 13.7. The minimum atomic E-state index is -3.45. The summed E-state index contributed by atoms with van der Waals surface area (Å²) < 4.78 is 30.3. The first kappa shape index (κ1) is 22.0. The number of ether oxygens (including phenoxy) is 1. The van der Waals surface area contributed by atoms with Crippen molar-refractivity contribution in [3.63, 3.8) is 0 Å². The van der Waals surface area contributed by atoms with Crippen molar-refractivity contribution in [2.45, 2.75) is 37.3 Å². The van der Waals surface area contributed by atoms with Crippen LogP contribution in [0.5, 0.6) is 5.75 Å². The van der Waals surface area contributed by atoms with E-state index in [1.165, 1.54) is 23.5 Å². The van der Waals surface area contributed by atoms with Crippen LogP contribution in [0.2, 0.25) is 0 Å². The monoisotopic (exact) mass is 444 g/mol. The third-order valence-corrected chi connectivity index (χ3v) is 7.30. The molecule has 30 heavy (non-hydrogen) atoms. The molecule has 0 aliphatic rings. The topological polar surface area (TPSA) is 85.4 Å². The van der Waals surface area contributed by atoms with Gasteiger partial charge in [-0.05, 0) is 62.7 Å². The number of carbonyl (C=O) groups excluding carboxylic acids is 1. The van der Waals surface area contributed by atoms with E-state index in [9.17, 15) is 13.2 Å². The first-order valence-corrected chi connectivity index (χ1v) is 12.1. The molecular weight excluding hydrogens is 420 g/mol. The molecule has 3 rings (SSSR count). The van der Waals surface area contributed by atoms with Crippen molar-refractivity contribution in [3.05, 3.63) is 59.5 Å². The molecular formula is C22H24N2O4S2. The van der Waals surface area contributed by atoms with Gasteiger partial charge in [-0.3, -0.25) is 10.1 Å². The molecule has 158 valence electrons. The summed E-state index contributed by atoms with van der Waals surface area (Å²) in [6.45, 7) is 5.95. The molecule has 2 aromatic carbocycles. The molecule has 0 unspecified atom stereocenters. The van der Waals surface area contributed by atoms with Gasteiger partial charge in [0.15, 0.2) is 15.0 Å². The Morgan fingerprint density at radius 3 is 2.57 bits per heavy atom. The van der Waals surface area contributed by atoms with E-state index in [1.807, 2.05) is 29.6 Å². The highest BCUT2D eigenvalue weighted by Crippen LogP contribution is 2.27. The number of carbonyl (C=O) groups is 1. The highest BCUT2D eigenvalue weighted by molar-refractivity contribution is 7.92. The van der Waals surface area contributed by atoms with E-state index in [0.29, 0.717) is 11.7 Å². The number of hydrogen-bond donors (Lipinski definition) is 1. The van der Waals surface area contributed by atoms with E-state index in [-0.39, 0.29) is 10.5 Å². The van der Waals surface area contributed by atoms with Crippen molar-refractivity contribution in [1.29, 1.82) is 0 Å². The fourth-order valence-electron chi connectivity index (χ4n) is 2.66. The zero-order valence-corrected chi connectivity index (χ0v) is 18.7. The van der Waals surface area contributed by atoms with Gasteiger partial charge in [0.2, 0.25) is 0 Å². The van der Waals surface area contributed by atoms with Gasteiger partial charge in [-0.25, -0.2) is 13.4 Å².